The average molecular weight is 123 g/mol. The van der Waals surface area contributed by atoms with Crippen LogP contribution in [0.25, 0.3) is 0 Å². The summed E-state index contributed by atoms with van der Waals surface area (Å²) in [5, 5.41) is 7.91. The standard InChI is InChI=1S/C2H4O4S/c1-2(3)6-7(4)5/h3H,1H2,(H,4,5)/p-1. The monoisotopic (exact) mass is 123 g/mol. The van der Waals surface area contributed by atoms with E-state index in [9.17, 15) is 8.76 Å². The third kappa shape index (κ3) is 5.45. The molecule has 0 rings (SSSR count). The summed E-state index contributed by atoms with van der Waals surface area (Å²) >= 11 is -2.70. The molecule has 0 aromatic rings. The van der Waals surface area contributed by atoms with Gasteiger partial charge in [0.05, 0.1) is 0 Å². The first-order valence-electron chi connectivity index (χ1n) is 1.28. The summed E-state index contributed by atoms with van der Waals surface area (Å²) in [6.45, 7) is 2.74. The first kappa shape index (κ1) is 6.45. The van der Waals surface area contributed by atoms with Gasteiger partial charge in [-0.25, -0.2) is 4.21 Å². The van der Waals surface area contributed by atoms with Crippen molar-refractivity contribution in [1.29, 1.82) is 0 Å². The number of rotatable bonds is 2. The van der Waals surface area contributed by atoms with Crippen LogP contribution >= 0.6 is 0 Å². The fourth-order valence-electron chi connectivity index (χ4n) is 0.0785. The molecule has 0 spiro atoms. The second-order valence-electron chi connectivity index (χ2n) is 0.681. The molecule has 0 aliphatic rings. The van der Waals surface area contributed by atoms with E-state index in [1.165, 1.54) is 0 Å². The van der Waals surface area contributed by atoms with Crippen molar-refractivity contribution >= 4 is 11.4 Å². The highest BCUT2D eigenvalue weighted by Crippen LogP contribution is 1.86. The van der Waals surface area contributed by atoms with E-state index in [0.29, 0.717) is 0 Å². The van der Waals surface area contributed by atoms with Crippen LogP contribution in [0.1, 0.15) is 0 Å². The number of aliphatic hydroxyl groups is 1. The molecular weight excluding hydrogens is 120 g/mol. The Morgan fingerprint density at radius 3 is 2.43 bits per heavy atom. The van der Waals surface area contributed by atoms with Gasteiger partial charge in [-0.3, -0.25) is 0 Å². The molecule has 7 heavy (non-hydrogen) atoms. The van der Waals surface area contributed by atoms with Gasteiger partial charge in [0, 0.05) is 0 Å². The Labute approximate surface area is 42.9 Å². The first-order valence-corrected chi connectivity index (χ1v) is 2.28. The van der Waals surface area contributed by atoms with E-state index in [-0.39, 0.29) is 0 Å². The van der Waals surface area contributed by atoms with Crippen molar-refractivity contribution in [3.05, 3.63) is 12.5 Å². The molecule has 0 radical (unpaired) electrons. The molecular formula is C2H3O4S-. The zero-order valence-corrected chi connectivity index (χ0v) is 4.10. The predicted octanol–water partition coefficient (Wildman–Crippen LogP) is -0.174. The van der Waals surface area contributed by atoms with E-state index >= 15 is 0 Å². The van der Waals surface area contributed by atoms with Gasteiger partial charge >= 0.3 is 0 Å². The molecule has 1 atom stereocenters. The molecule has 0 saturated carbocycles. The summed E-state index contributed by atoms with van der Waals surface area (Å²) in [5.74, 6) is -0.826. The summed E-state index contributed by atoms with van der Waals surface area (Å²) in [6.07, 6.45) is 0. The highest BCUT2D eigenvalue weighted by Gasteiger charge is 1.81. The normalized spacial score (nSPS) is 12.7. The maximum atomic E-state index is 9.37. The van der Waals surface area contributed by atoms with E-state index in [0.717, 1.165) is 0 Å². The molecule has 0 aromatic heterocycles. The average Bonchev–Trinajstić information content (AvgIpc) is 1.27. The smallest absolute Gasteiger partial charge is 0.283 e. The van der Waals surface area contributed by atoms with Gasteiger partial charge in [-0.15, -0.1) is 0 Å². The highest BCUT2D eigenvalue weighted by atomic mass is 32.2. The zero-order valence-electron chi connectivity index (χ0n) is 3.29. The Bertz CT molecular complexity index is 85.9. The highest BCUT2D eigenvalue weighted by molar-refractivity contribution is 7.74. The van der Waals surface area contributed by atoms with Gasteiger partial charge in [-0.1, -0.05) is 0 Å². The fourth-order valence-corrected chi connectivity index (χ4v) is 0.236. The van der Waals surface area contributed by atoms with Gasteiger partial charge in [-0.05, 0) is 6.58 Å². The molecule has 0 aliphatic heterocycles. The van der Waals surface area contributed by atoms with Crippen LogP contribution in [0, 0.1) is 0 Å². The van der Waals surface area contributed by atoms with E-state index in [2.05, 4.69) is 10.8 Å². The van der Waals surface area contributed by atoms with Crippen LogP contribution in [0.2, 0.25) is 0 Å². The minimum Gasteiger partial charge on any atom is -0.740 e. The lowest BCUT2D eigenvalue weighted by molar-refractivity contribution is 0.210. The molecule has 0 aromatic carbocycles. The molecule has 42 valence electrons. The number of aliphatic hydroxyl groups excluding tert-OH is 1. The first-order chi connectivity index (χ1) is 3.13. The molecule has 0 fully saturated rings. The minimum absolute atomic E-state index is 0.826. The quantitative estimate of drug-likeness (QED) is 0.408. The van der Waals surface area contributed by atoms with Crippen LogP contribution in [0.15, 0.2) is 12.5 Å². The van der Waals surface area contributed by atoms with Crippen LogP contribution in [0.5, 0.6) is 0 Å². The zero-order chi connectivity index (χ0) is 5.86. The summed E-state index contributed by atoms with van der Waals surface area (Å²) in [7, 11) is 0. The van der Waals surface area contributed by atoms with Crippen molar-refractivity contribution in [2.45, 2.75) is 0 Å². The Balaban J connectivity index is 3.32. The summed E-state index contributed by atoms with van der Waals surface area (Å²) in [6, 6.07) is 0. The van der Waals surface area contributed by atoms with Gasteiger partial charge in [0.25, 0.3) is 5.95 Å². The van der Waals surface area contributed by atoms with Crippen molar-refractivity contribution < 1.29 is 18.1 Å². The number of hydrogen-bond acceptors (Lipinski definition) is 4. The van der Waals surface area contributed by atoms with E-state index in [1.807, 2.05) is 0 Å². The van der Waals surface area contributed by atoms with Gasteiger partial charge in [0.15, 0.2) is 0 Å². The lowest BCUT2D eigenvalue weighted by Crippen LogP contribution is -1.92. The van der Waals surface area contributed by atoms with E-state index < -0.39 is 17.3 Å². The molecule has 0 aliphatic carbocycles. The van der Waals surface area contributed by atoms with Gasteiger partial charge in [-0.2, -0.15) is 0 Å². The van der Waals surface area contributed by atoms with Crippen LogP contribution in [-0.2, 0) is 15.5 Å². The van der Waals surface area contributed by atoms with Crippen molar-refractivity contribution in [2.75, 3.05) is 0 Å². The van der Waals surface area contributed by atoms with E-state index in [4.69, 9.17) is 5.11 Å². The maximum Gasteiger partial charge on any atom is 0.283 e. The van der Waals surface area contributed by atoms with Crippen molar-refractivity contribution in [3.8, 4) is 0 Å². The Morgan fingerprint density at radius 2 is 2.43 bits per heavy atom. The topological polar surface area (TPSA) is 69.6 Å². The molecule has 0 amide bonds. The van der Waals surface area contributed by atoms with Crippen LogP contribution in [0.3, 0.4) is 0 Å². The lowest BCUT2D eigenvalue weighted by atomic mass is 11.1. The molecule has 5 heteroatoms. The Kier molecular flexibility index (Phi) is 2.39. The Morgan fingerprint density at radius 1 is 2.00 bits per heavy atom. The largest absolute Gasteiger partial charge is 0.740 e. The molecule has 0 saturated heterocycles. The van der Waals surface area contributed by atoms with E-state index in [1.54, 1.807) is 0 Å². The number of hydrogen-bond donors (Lipinski definition) is 1. The van der Waals surface area contributed by atoms with Crippen LogP contribution in [-0.4, -0.2) is 13.9 Å². The summed E-state index contributed by atoms with van der Waals surface area (Å²) in [4.78, 5) is 0. The third-order valence-electron chi connectivity index (χ3n) is 0.164. The summed E-state index contributed by atoms with van der Waals surface area (Å²) < 4.78 is 22.3. The molecule has 0 bridgehead atoms. The second-order valence-corrected chi connectivity index (χ2v) is 1.26. The lowest BCUT2D eigenvalue weighted by Gasteiger charge is -2.01. The SMILES string of the molecule is C=C(O)OS(=O)[O-]. The maximum absolute atomic E-state index is 9.37. The summed E-state index contributed by atoms with van der Waals surface area (Å²) in [5.41, 5.74) is 0. The minimum atomic E-state index is -2.70. The van der Waals surface area contributed by atoms with Gasteiger partial charge < -0.3 is 13.8 Å². The van der Waals surface area contributed by atoms with Crippen LogP contribution in [0.4, 0.5) is 0 Å². The molecule has 1 N–H and O–H groups in total. The Hall–Kier alpha value is -0.550. The van der Waals surface area contributed by atoms with Gasteiger partial charge in [0.1, 0.15) is 11.4 Å². The second kappa shape index (κ2) is 2.59. The van der Waals surface area contributed by atoms with Crippen molar-refractivity contribution in [3.63, 3.8) is 0 Å². The molecule has 4 nitrogen and oxygen atoms in total. The third-order valence-corrected chi connectivity index (χ3v) is 0.493. The molecule has 1 unspecified atom stereocenters. The molecule has 0 heterocycles. The van der Waals surface area contributed by atoms with Crippen molar-refractivity contribution in [2.24, 2.45) is 0 Å². The fraction of sp³-hybridized carbons (Fsp3) is 0. The van der Waals surface area contributed by atoms with Gasteiger partial charge in [0.2, 0.25) is 0 Å². The van der Waals surface area contributed by atoms with Crippen molar-refractivity contribution in [1.82, 2.24) is 0 Å². The predicted molar refractivity (Wildman–Crippen MR) is 21.8 cm³/mol. The van der Waals surface area contributed by atoms with Crippen LogP contribution < -0.4 is 0 Å².